The Morgan fingerprint density at radius 1 is 1.20 bits per heavy atom. The van der Waals surface area contributed by atoms with Gasteiger partial charge < -0.3 is 15.5 Å². The van der Waals surface area contributed by atoms with E-state index in [0.717, 1.165) is 52.9 Å². The number of hydrogen-bond acceptors (Lipinski definition) is 6. The molecule has 1 saturated heterocycles. The number of anilines is 3. The maximum absolute atomic E-state index is 5.88. The van der Waals surface area contributed by atoms with Crippen LogP contribution in [0.5, 0.6) is 0 Å². The molecule has 5 nitrogen and oxygen atoms in total. The number of halogens is 1. The molecule has 0 saturated carbocycles. The Kier molecular flexibility index (Phi) is 3.80. The van der Waals surface area contributed by atoms with Crippen molar-refractivity contribution in [1.82, 2.24) is 9.97 Å². The molecule has 106 valence electrons. The fourth-order valence-corrected chi connectivity index (χ4v) is 3.56. The molecule has 3 heterocycles. The molecule has 20 heavy (non-hydrogen) atoms. The minimum absolute atomic E-state index is 0.724. The van der Waals surface area contributed by atoms with Crippen LogP contribution in [0.25, 0.3) is 0 Å². The molecule has 7 heteroatoms. The van der Waals surface area contributed by atoms with Crippen LogP contribution in [0.4, 0.5) is 16.6 Å². The summed E-state index contributed by atoms with van der Waals surface area (Å²) in [5.74, 6) is 0.982. The topological polar surface area (TPSA) is 58.3 Å². The summed E-state index contributed by atoms with van der Waals surface area (Å²) in [5, 5.41) is 3.12. The Morgan fingerprint density at radius 3 is 2.55 bits per heavy atom. The van der Waals surface area contributed by atoms with Crippen molar-refractivity contribution in [2.24, 2.45) is 0 Å². The molecule has 0 aromatic carbocycles. The zero-order valence-electron chi connectivity index (χ0n) is 11.2. The van der Waals surface area contributed by atoms with Crippen LogP contribution in [0.2, 0.25) is 0 Å². The number of nitrogens with two attached hydrogens (primary N) is 1. The van der Waals surface area contributed by atoms with Crippen molar-refractivity contribution >= 4 is 43.9 Å². The Labute approximate surface area is 130 Å². The second-order valence-corrected chi connectivity index (χ2v) is 6.43. The summed E-state index contributed by atoms with van der Waals surface area (Å²) < 4.78 is 1.00. The smallest absolute Gasteiger partial charge is 0.185 e. The summed E-state index contributed by atoms with van der Waals surface area (Å²) >= 11 is 5.30. The fourth-order valence-electron chi connectivity index (χ4n) is 2.28. The van der Waals surface area contributed by atoms with Crippen molar-refractivity contribution in [2.45, 2.75) is 6.92 Å². The standard InChI is InChI=1S/C13H16BrN5S/c1-9-10(15)8-17-12(11(9)14)18-3-5-19(6-4-18)13-16-2-7-20-13/h2,7-8H,3-6,15H2,1H3. The third-order valence-electron chi connectivity index (χ3n) is 3.55. The Morgan fingerprint density at radius 2 is 1.90 bits per heavy atom. The van der Waals surface area contributed by atoms with Gasteiger partial charge in [0.15, 0.2) is 5.13 Å². The predicted molar refractivity (Wildman–Crippen MR) is 87.6 cm³/mol. The number of piperazine rings is 1. The molecule has 0 spiro atoms. The van der Waals surface area contributed by atoms with Gasteiger partial charge in [-0.2, -0.15) is 0 Å². The van der Waals surface area contributed by atoms with Gasteiger partial charge in [0.2, 0.25) is 0 Å². The first-order valence-corrected chi connectivity index (χ1v) is 8.14. The monoisotopic (exact) mass is 353 g/mol. The first kappa shape index (κ1) is 13.6. The highest BCUT2D eigenvalue weighted by molar-refractivity contribution is 9.10. The van der Waals surface area contributed by atoms with Gasteiger partial charge in [-0.15, -0.1) is 11.3 Å². The van der Waals surface area contributed by atoms with E-state index in [1.165, 1.54) is 0 Å². The molecule has 1 fully saturated rings. The SMILES string of the molecule is Cc1c(N)cnc(N2CCN(c3nccs3)CC2)c1Br. The normalized spacial score (nSPS) is 15.7. The highest BCUT2D eigenvalue weighted by Crippen LogP contribution is 2.31. The highest BCUT2D eigenvalue weighted by atomic mass is 79.9. The first-order valence-electron chi connectivity index (χ1n) is 6.47. The van der Waals surface area contributed by atoms with Gasteiger partial charge in [0.25, 0.3) is 0 Å². The Bertz CT molecular complexity index is 593. The van der Waals surface area contributed by atoms with Crippen molar-refractivity contribution in [1.29, 1.82) is 0 Å². The highest BCUT2D eigenvalue weighted by Gasteiger charge is 2.22. The van der Waals surface area contributed by atoms with E-state index in [-0.39, 0.29) is 0 Å². The van der Waals surface area contributed by atoms with Crippen LogP contribution in [0.1, 0.15) is 5.56 Å². The van der Waals surface area contributed by atoms with Crippen molar-refractivity contribution < 1.29 is 0 Å². The number of thiazole rings is 1. The largest absolute Gasteiger partial charge is 0.397 e. The zero-order chi connectivity index (χ0) is 14.1. The van der Waals surface area contributed by atoms with Crippen LogP contribution in [-0.2, 0) is 0 Å². The molecular formula is C13H16BrN5S. The van der Waals surface area contributed by atoms with E-state index in [4.69, 9.17) is 5.73 Å². The van der Waals surface area contributed by atoms with Crippen molar-refractivity contribution in [3.8, 4) is 0 Å². The number of pyridine rings is 1. The van der Waals surface area contributed by atoms with Crippen molar-refractivity contribution in [2.75, 3.05) is 41.7 Å². The van der Waals surface area contributed by atoms with Crippen LogP contribution in [0.15, 0.2) is 22.2 Å². The molecule has 0 bridgehead atoms. The lowest BCUT2D eigenvalue weighted by molar-refractivity contribution is 0.645. The van der Waals surface area contributed by atoms with Gasteiger partial charge in [-0.1, -0.05) is 0 Å². The van der Waals surface area contributed by atoms with Gasteiger partial charge in [-0.3, -0.25) is 0 Å². The van der Waals surface area contributed by atoms with Gasteiger partial charge >= 0.3 is 0 Å². The molecule has 0 atom stereocenters. The van der Waals surface area contributed by atoms with Crippen LogP contribution in [-0.4, -0.2) is 36.1 Å². The molecule has 0 radical (unpaired) electrons. The number of hydrogen-bond donors (Lipinski definition) is 1. The van der Waals surface area contributed by atoms with Crippen LogP contribution in [0, 0.1) is 6.92 Å². The maximum Gasteiger partial charge on any atom is 0.185 e. The minimum atomic E-state index is 0.724. The number of aromatic nitrogens is 2. The summed E-state index contributed by atoms with van der Waals surface area (Å²) in [6.45, 7) is 5.82. The summed E-state index contributed by atoms with van der Waals surface area (Å²) in [6, 6.07) is 0. The Balaban J connectivity index is 1.74. The zero-order valence-corrected chi connectivity index (χ0v) is 13.6. The molecule has 2 aromatic heterocycles. The third kappa shape index (κ3) is 2.47. The van der Waals surface area contributed by atoms with Gasteiger partial charge in [0.05, 0.1) is 16.4 Å². The maximum atomic E-state index is 5.88. The van der Waals surface area contributed by atoms with E-state index < -0.39 is 0 Å². The fraction of sp³-hybridized carbons (Fsp3) is 0.385. The van der Waals surface area contributed by atoms with Gasteiger partial charge in [0, 0.05) is 37.8 Å². The van der Waals surface area contributed by atoms with E-state index in [0.29, 0.717) is 0 Å². The van der Waals surface area contributed by atoms with E-state index >= 15 is 0 Å². The average molecular weight is 354 g/mol. The second kappa shape index (κ2) is 5.57. The molecular weight excluding hydrogens is 338 g/mol. The van der Waals surface area contributed by atoms with E-state index in [1.807, 2.05) is 18.5 Å². The number of rotatable bonds is 2. The van der Waals surface area contributed by atoms with Crippen molar-refractivity contribution in [3.63, 3.8) is 0 Å². The van der Waals surface area contributed by atoms with Gasteiger partial charge in [0.1, 0.15) is 5.82 Å². The van der Waals surface area contributed by atoms with Crippen molar-refractivity contribution in [3.05, 3.63) is 27.8 Å². The lowest BCUT2D eigenvalue weighted by Crippen LogP contribution is -2.47. The first-order chi connectivity index (χ1) is 9.66. The lowest BCUT2D eigenvalue weighted by Gasteiger charge is -2.35. The summed E-state index contributed by atoms with van der Waals surface area (Å²) in [7, 11) is 0. The summed E-state index contributed by atoms with van der Waals surface area (Å²) in [5.41, 5.74) is 7.66. The molecule has 2 aromatic rings. The molecule has 0 aliphatic carbocycles. The number of nitrogen functional groups attached to an aromatic ring is 1. The van der Waals surface area contributed by atoms with E-state index in [1.54, 1.807) is 17.5 Å². The molecule has 1 aliphatic heterocycles. The molecule has 0 unspecified atom stereocenters. The van der Waals surface area contributed by atoms with Crippen LogP contribution in [0.3, 0.4) is 0 Å². The molecule has 2 N–H and O–H groups in total. The quantitative estimate of drug-likeness (QED) is 0.898. The second-order valence-electron chi connectivity index (χ2n) is 4.76. The van der Waals surface area contributed by atoms with Gasteiger partial charge in [-0.25, -0.2) is 9.97 Å². The predicted octanol–water partition coefficient (Wildman–Crippen LogP) is 2.52. The average Bonchev–Trinajstić information content (AvgIpc) is 3.00. The minimum Gasteiger partial charge on any atom is -0.397 e. The number of nitrogens with zero attached hydrogens (tertiary/aromatic N) is 4. The van der Waals surface area contributed by atoms with Gasteiger partial charge in [-0.05, 0) is 28.4 Å². The molecule has 1 aliphatic rings. The summed E-state index contributed by atoms with van der Waals surface area (Å²) in [6.07, 6.45) is 3.59. The van der Waals surface area contributed by atoms with Crippen LogP contribution >= 0.6 is 27.3 Å². The van der Waals surface area contributed by atoms with E-state index in [2.05, 4.69) is 35.7 Å². The van der Waals surface area contributed by atoms with E-state index in [9.17, 15) is 0 Å². The third-order valence-corrected chi connectivity index (χ3v) is 5.34. The lowest BCUT2D eigenvalue weighted by atomic mass is 10.2. The summed E-state index contributed by atoms with van der Waals surface area (Å²) in [4.78, 5) is 13.4. The molecule has 3 rings (SSSR count). The Hall–Kier alpha value is -1.34. The molecule has 0 amide bonds. The van der Waals surface area contributed by atoms with Crippen LogP contribution < -0.4 is 15.5 Å².